The van der Waals surface area contributed by atoms with Gasteiger partial charge in [-0.2, -0.15) is 0 Å². The van der Waals surface area contributed by atoms with Crippen LogP contribution in [0.5, 0.6) is 0 Å². The number of anilines is 1. The van der Waals surface area contributed by atoms with Crippen LogP contribution in [0.15, 0.2) is 18.2 Å². The average Bonchev–Trinajstić information content (AvgIpc) is 3.00. The zero-order valence-electron chi connectivity index (χ0n) is 17.6. The summed E-state index contributed by atoms with van der Waals surface area (Å²) in [6.07, 6.45) is 3.65. The highest BCUT2D eigenvalue weighted by atomic mass is 16.2. The van der Waals surface area contributed by atoms with E-state index in [4.69, 9.17) is 5.73 Å². The van der Waals surface area contributed by atoms with E-state index in [1.807, 2.05) is 0 Å². The Labute approximate surface area is 181 Å². The van der Waals surface area contributed by atoms with Crippen molar-refractivity contribution in [3.05, 3.63) is 29.3 Å². The van der Waals surface area contributed by atoms with Gasteiger partial charge >= 0.3 is 0 Å². The number of carbonyl (C=O) groups excluding carboxylic acids is 4. The predicted octanol–water partition coefficient (Wildman–Crippen LogP) is 0.561. The van der Waals surface area contributed by atoms with E-state index in [2.05, 4.69) is 15.5 Å². The van der Waals surface area contributed by atoms with Crippen LogP contribution in [0.3, 0.4) is 0 Å². The maximum absolute atomic E-state index is 12.9. The minimum absolute atomic E-state index is 0.113. The van der Waals surface area contributed by atoms with Gasteiger partial charge in [0.05, 0.1) is 11.1 Å². The molecule has 4 rings (SSSR count). The van der Waals surface area contributed by atoms with E-state index < -0.39 is 23.8 Å². The number of benzene rings is 1. The third kappa shape index (κ3) is 4.47. The number of hydrogen-bond acceptors (Lipinski definition) is 7. The zero-order chi connectivity index (χ0) is 22.0. The van der Waals surface area contributed by atoms with Crippen LogP contribution in [-0.2, 0) is 9.59 Å². The number of nitrogens with one attached hydrogen (secondary N) is 2. The molecule has 2 saturated heterocycles. The Morgan fingerprint density at radius 3 is 2.48 bits per heavy atom. The van der Waals surface area contributed by atoms with Gasteiger partial charge in [-0.3, -0.25) is 29.4 Å². The second-order valence-corrected chi connectivity index (χ2v) is 8.50. The van der Waals surface area contributed by atoms with Gasteiger partial charge in [-0.25, -0.2) is 0 Å². The Balaban J connectivity index is 1.34. The number of carbonyl (C=O) groups is 4. The lowest BCUT2D eigenvalue weighted by atomic mass is 9.93. The maximum atomic E-state index is 12.9. The second-order valence-electron chi connectivity index (χ2n) is 8.50. The number of likely N-dealkylation sites (tertiary alicyclic amines) is 1. The van der Waals surface area contributed by atoms with Crippen LogP contribution < -0.4 is 16.4 Å². The molecule has 31 heavy (non-hydrogen) atoms. The van der Waals surface area contributed by atoms with Gasteiger partial charge in [-0.1, -0.05) is 0 Å². The highest BCUT2D eigenvalue weighted by Gasteiger charge is 2.44. The molecule has 0 radical (unpaired) electrons. The van der Waals surface area contributed by atoms with Crippen LogP contribution in [-0.4, -0.2) is 72.2 Å². The number of hydrogen-bond donors (Lipinski definition) is 3. The molecule has 0 aromatic heterocycles. The number of rotatable bonds is 7. The number of amides is 4. The quantitative estimate of drug-likeness (QED) is 0.543. The first-order chi connectivity index (χ1) is 15.0. The summed E-state index contributed by atoms with van der Waals surface area (Å²) in [6.45, 7) is 4.63. The Hall–Kier alpha value is -2.78. The Kier molecular flexibility index (Phi) is 6.33. The lowest BCUT2D eigenvalue weighted by molar-refractivity contribution is -0.136. The molecule has 3 aliphatic heterocycles. The molecule has 1 aromatic carbocycles. The molecule has 0 saturated carbocycles. The van der Waals surface area contributed by atoms with Crippen molar-refractivity contribution in [2.24, 2.45) is 11.7 Å². The summed E-state index contributed by atoms with van der Waals surface area (Å²) >= 11 is 0. The lowest BCUT2D eigenvalue weighted by Crippen LogP contribution is -2.54. The molecule has 4 amide bonds. The van der Waals surface area contributed by atoms with Gasteiger partial charge in [0.1, 0.15) is 6.04 Å². The van der Waals surface area contributed by atoms with Crippen LogP contribution in [0.1, 0.15) is 52.8 Å². The predicted molar refractivity (Wildman–Crippen MR) is 114 cm³/mol. The fourth-order valence-corrected chi connectivity index (χ4v) is 4.68. The highest BCUT2D eigenvalue weighted by molar-refractivity contribution is 6.23. The van der Waals surface area contributed by atoms with Crippen LogP contribution in [0, 0.1) is 5.92 Å². The molecule has 9 nitrogen and oxygen atoms in total. The van der Waals surface area contributed by atoms with Crippen molar-refractivity contribution < 1.29 is 19.2 Å². The minimum Gasteiger partial charge on any atom is -0.385 e. The summed E-state index contributed by atoms with van der Waals surface area (Å²) in [7, 11) is 0. The first-order valence-electron chi connectivity index (χ1n) is 11.0. The number of imide groups is 2. The van der Waals surface area contributed by atoms with Crippen LogP contribution in [0.2, 0.25) is 0 Å². The number of fused-ring (bicyclic) bond motifs is 1. The van der Waals surface area contributed by atoms with E-state index in [1.54, 1.807) is 18.2 Å². The molecular weight excluding hydrogens is 398 g/mol. The van der Waals surface area contributed by atoms with Crippen molar-refractivity contribution in [1.82, 2.24) is 15.1 Å². The van der Waals surface area contributed by atoms with Crippen molar-refractivity contribution in [1.29, 1.82) is 0 Å². The molecule has 0 spiro atoms. The van der Waals surface area contributed by atoms with Crippen molar-refractivity contribution in [3.8, 4) is 0 Å². The molecule has 1 unspecified atom stereocenters. The van der Waals surface area contributed by atoms with E-state index in [9.17, 15) is 19.2 Å². The van der Waals surface area contributed by atoms with Crippen molar-refractivity contribution in [2.45, 2.75) is 38.1 Å². The van der Waals surface area contributed by atoms with Gasteiger partial charge < -0.3 is 16.0 Å². The fraction of sp³-hybridized carbons (Fsp3) is 0.545. The van der Waals surface area contributed by atoms with E-state index in [0.717, 1.165) is 43.2 Å². The van der Waals surface area contributed by atoms with E-state index in [1.165, 1.54) is 12.8 Å². The van der Waals surface area contributed by atoms with Gasteiger partial charge in [0.15, 0.2) is 0 Å². The summed E-state index contributed by atoms with van der Waals surface area (Å²) in [4.78, 5) is 52.6. The molecule has 4 N–H and O–H groups in total. The van der Waals surface area contributed by atoms with Crippen LogP contribution in [0.4, 0.5) is 5.69 Å². The number of nitrogens with two attached hydrogens (primary N) is 1. The molecule has 3 aliphatic rings. The van der Waals surface area contributed by atoms with E-state index >= 15 is 0 Å². The first-order valence-corrected chi connectivity index (χ1v) is 11.0. The van der Waals surface area contributed by atoms with Crippen molar-refractivity contribution in [3.63, 3.8) is 0 Å². The molecule has 2 fully saturated rings. The molecule has 1 atom stereocenters. The topological polar surface area (TPSA) is 125 Å². The van der Waals surface area contributed by atoms with Crippen LogP contribution in [0.25, 0.3) is 0 Å². The van der Waals surface area contributed by atoms with Gasteiger partial charge in [0.25, 0.3) is 11.8 Å². The van der Waals surface area contributed by atoms with Gasteiger partial charge in [-0.05, 0) is 62.9 Å². The molecule has 9 heteroatoms. The molecular formula is C22H29N5O4. The largest absolute Gasteiger partial charge is 0.385 e. The number of piperidine rings is 2. The van der Waals surface area contributed by atoms with Crippen molar-refractivity contribution in [2.75, 3.05) is 38.0 Å². The SMILES string of the molecule is NCCN1CCC(CCNc2ccc3c(c2)C(=O)N(C2CCC(=O)NC2=O)C3=O)CC1. The maximum Gasteiger partial charge on any atom is 0.262 e. The van der Waals surface area contributed by atoms with Gasteiger partial charge in [0.2, 0.25) is 11.8 Å². The molecule has 0 bridgehead atoms. The molecule has 1 aromatic rings. The number of nitrogens with zero attached hydrogens (tertiary/aromatic N) is 2. The van der Waals surface area contributed by atoms with E-state index in [0.29, 0.717) is 23.6 Å². The first kappa shape index (κ1) is 21.5. The Morgan fingerprint density at radius 1 is 1.03 bits per heavy atom. The van der Waals surface area contributed by atoms with Crippen molar-refractivity contribution >= 4 is 29.3 Å². The monoisotopic (exact) mass is 427 g/mol. The third-order valence-corrected chi connectivity index (χ3v) is 6.47. The average molecular weight is 428 g/mol. The Bertz CT molecular complexity index is 894. The second kappa shape index (κ2) is 9.15. The third-order valence-electron chi connectivity index (χ3n) is 6.47. The smallest absolute Gasteiger partial charge is 0.262 e. The fourth-order valence-electron chi connectivity index (χ4n) is 4.68. The zero-order valence-corrected chi connectivity index (χ0v) is 17.6. The normalized spacial score (nSPS) is 22.6. The lowest BCUT2D eigenvalue weighted by Gasteiger charge is -2.31. The van der Waals surface area contributed by atoms with Gasteiger partial charge in [0, 0.05) is 31.7 Å². The summed E-state index contributed by atoms with van der Waals surface area (Å²) in [6, 6.07) is 4.18. The minimum atomic E-state index is -0.938. The standard InChI is InChI=1S/C22H29N5O4/c23-8-12-26-10-6-14(7-11-26)5-9-24-15-1-2-16-17(13-15)22(31)27(21(16)30)18-3-4-19(28)25-20(18)29/h1-2,13-14,18,24H,3-12,23H2,(H,25,28,29). The highest BCUT2D eigenvalue weighted by Crippen LogP contribution is 2.29. The summed E-state index contributed by atoms with van der Waals surface area (Å²) in [5.74, 6) is -1.27. The molecule has 0 aliphatic carbocycles. The van der Waals surface area contributed by atoms with E-state index in [-0.39, 0.29) is 18.7 Å². The summed E-state index contributed by atoms with van der Waals surface area (Å²) in [5, 5.41) is 5.57. The summed E-state index contributed by atoms with van der Waals surface area (Å²) < 4.78 is 0. The Morgan fingerprint density at radius 2 is 1.77 bits per heavy atom. The molecule has 3 heterocycles. The van der Waals surface area contributed by atoms with Gasteiger partial charge in [-0.15, -0.1) is 0 Å². The molecule has 166 valence electrons. The van der Waals surface area contributed by atoms with Crippen LogP contribution >= 0.6 is 0 Å². The summed E-state index contributed by atoms with van der Waals surface area (Å²) in [5.41, 5.74) is 7.01.